The molecule has 0 amide bonds. The van der Waals surface area contributed by atoms with E-state index in [0.717, 1.165) is 50.6 Å². The SMILES string of the molecule is CN=C(NCC1(N2CCCC2)CCOCC1)NC1CC2CCCC(C1)N2C. The Labute approximate surface area is 165 Å². The van der Waals surface area contributed by atoms with Gasteiger partial charge in [0.1, 0.15) is 0 Å². The molecular weight excluding hydrogens is 338 g/mol. The van der Waals surface area contributed by atoms with E-state index in [0.29, 0.717) is 6.04 Å². The smallest absolute Gasteiger partial charge is 0.191 e. The van der Waals surface area contributed by atoms with Crippen LogP contribution in [0.4, 0.5) is 0 Å². The lowest BCUT2D eigenvalue weighted by Crippen LogP contribution is -2.60. The summed E-state index contributed by atoms with van der Waals surface area (Å²) >= 11 is 0. The number of rotatable bonds is 4. The van der Waals surface area contributed by atoms with E-state index in [1.807, 2.05) is 7.05 Å². The zero-order chi connectivity index (χ0) is 18.7. The number of guanidine groups is 1. The molecule has 4 fully saturated rings. The highest BCUT2D eigenvalue weighted by Gasteiger charge is 2.40. The standard InChI is InChI=1S/C21H39N5O/c1-22-20(24-17-14-18-6-5-7-19(15-17)25(18)2)23-16-21(8-12-27-13-9-21)26-10-3-4-11-26/h17-19H,3-16H2,1-2H3,(H2,22,23,24). The molecule has 27 heavy (non-hydrogen) atoms. The molecule has 2 bridgehead atoms. The first-order valence-corrected chi connectivity index (χ1v) is 11.2. The van der Waals surface area contributed by atoms with Gasteiger partial charge in [0, 0.05) is 50.5 Å². The Balaban J connectivity index is 1.34. The fourth-order valence-corrected chi connectivity index (χ4v) is 5.92. The van der Waals surface area contributed by atoms with Crippen LogP contribution in [-0.4, -0.2) is 86.4 Å². The summed E-state index contributed by atoms with van der Waals surface area (Å²) in [6.45, 7) is 5.25. The third-order valence-electron chi connectivity index (χ3n) is 7.69. The molecule has 2 atom stereocenters. The summed E-state index contributed by atoms with van der Waals surface area (Å²) in [6.07, 6.45) is 11.6. The summed E-state index contributed by atoms with van der Waals surface area (Å²) in [6, 6.07) is 2.05. The molecule has 2 N–H and O–H groups in total. The highest BCUT2D eigenvalue weighted by atomic mass is 16.5. The minimum absolute atomic E-state index is 0.246. The Kier molecular flexibility index (Phi) is 6.25. The molecule has 0 spiro atoms. The molecule has 4 aliphatic rings. The van der Waals surface area contributed by atoms with E-state index in [1.165, 1.54) is 58.0 Å². The van der Waals surface area contributed by atoms with E-state index in [9.17, 15) is 0 Å². The summed E-state index contributed by atoms with van der Waals surface area (Å²) in [7, 11) is 4.24. The Bertz CT molecular complexity index is 499. The Morgan fingerprint density at radius 2 is 1.74 bits per heavy atom. The first kappa shape index (κ1) is 19.5. The van der Waals surface area contributed by atoms with Gasteiger partial charge in [-0.3, -0.25) is 9.89 Å². The van der Waals surface area contributed by atoms with Crippen molar-refractivity contribution in [1.82, 2.24) is 20.4 Å². The molecule has 4 saturated heterocycles. The van der Waals surface area contributed by atoms with Gasteiger partial charge < -0.3 is 20.3 Å². The fraction of sp³-hybridized carbons (Fsp3) is 0.952. The van der Waals surface area contributed by atoms with Crippen molar-refractivity contribution in [2.24, 2.45) is 4.99 Å². The average Bonchev–Trinajstić information content (AvgIpc) is 3.22. The van der Waals surface area contributed by atoms with Crippen LogP contribution in [0.25, 0.3) is 0 Å². The number of likely N-dealkylation sites (tertiary alicyclic amines) is 1. The number of fused-ring (bicyclic) bond motifs is 2. The second-order valence-corrected chi connectivity index (χ2v) is 9.17. The van der Waals surface area contributed by atoms with Crippen molar-refractivity contribution >= 4 is 5.96 Å². The van der Waals surface area contributed by atoms with E-state index in [4.69, 9.17) is 4.74 Å². The third-order valence-corrected chi connectivity index (χ3v) is 7.69. The van der Waals surface area contributed by atoms with Gasteiger partial charge in [0.05, 0.1) is 0 Å². The van der Waals surface area contributed by atoms with E-state index < -0.39 is 0 Å². The van der Waals surface area contributed by atoms with Crippen molar-refractivity contribution in [1.29, 1.82) is 0 Å². The van der Waals surface area contributed by atoms with E-state index in [2.05, 4.69) is 32.5 Å². The number of hydrogen-bond donors (Lipinski definition) is 2. The second kappa shape index (κ2) is 8.66. The molecule has 4 aliphatic heterocycles. The molecule has 0 aromatic rings. The van der Waals surface area contributed by atoms with Crippen molar-refractivity contribution in [3.05, 3.63) is 0 Å². The number of ether oxygens (including phenoxy) is 1. The maximum Gasteiger partial charge on any atom is 0.191 e. The van der Waals surface area contributed by atoms with Crippen LogP contribution >= 0.6 is 0 Å². The summed E-state index contributed by atoms with van der Waals surface area (Å²) in [5.41, 5.74) is 0.246. The van der Waals surface area contributed by atoms with Crippen LogP contribution in [0.2, 0.25) is 0 Å². The van der Waals surface area contributed by atoms with Crippen molar-refractivity contribution in [2.75, 3.05) is 46.9 Å². The lowest BCUT2D eigenvalue weighted by atomic mass is 9.82. The Morgan fingerprint density at radius 3 is 2.37 bits per heavy atom. The number of nitrogens with zero attached hydrogens (tertiary/aromatic N) is 3. The zero-order valence-corrected chi connectivity index (χ0v) is 17.4. The first-order valence-electron chi connectivity index (χ1n) is 11.2. The summed E-state index contributed by atoms with van der Waals surface area (Å²) in [5.74, 6) is 0.993. The minimum Gasteiger partial charge on any atom is -0.381 e. The van der Waals surface area contributed by atoms with Gasteiger partial charge >= 0.3 is 0 Å². The predicted molar refractivity (Wildman–Crippen MR) is 110 cm³/mol. The van der Waals surface area contributed by atoms with Crippen LogP contribution in [0, 0.1) is 0 Å². The molecular formula is C21H39N5O. The molecule has 0 aromatic carbocycles. The maximum atomic E-state index is 5.69. The number of nitrogens with one attached hydrogen (secondary N) is 2. The largest absolute Gasteiger partial charge is 0.381 e. The average molecular weight is 378 g/mol. The number of aliphatic imine (C=N–C) groups is 1. The molecule has 6 nitrogen and oxygen atoms in total. The minimum atomic E-state index is 0.246. The monoisotopic (exact) mass is 377 g/mol. The van der Waals surface area contributed by atoms with Gasteiger partial charge in [-0.15, -0.1) is 0 Å². The molecule has 4 heterocycles. The number of hydrogen-bond acceptors (Lipinski definition) is 4. The van der Waals surface area contributed by atoms with Crippen LogP contribution in [0.5, 0.6) is 0 Å². The maximum absolute atomic E-state index is 5.69. The first-order chi connectivity index (χ1) is 13.2. The van der Waals surface area contributed by atoms with Gasteiger partial charge in [-0.1, -0.05) is 6.42 Å². The number of piperidine rings is 2. The highest BCUT2D eigenvalue weighted by Crippen LogP contribution is 2.33. The van der Waals surface area contributed by atoms with Crippen LogP contribution < -0.4 is 10.6 Å². The lowest BCUT2D eigenvalue weighted by Gasteiger charge is -2.47. The molecule has 2 unspecified atom stereocenters. The molecule has 0 saturated carbocycles. The van der Waals surface area contributed by atoms with Gasteiger partial charge in [0.15, 0.2) is 5.96 Å². The van der Waals surface area contributed by atoms with Crippen molar-refractivity contribution in [3.63, 3.8) is 0 Å². The van der Waals surface area contributed by atoms with Crippen molar-refractivity contribution in [2.45, 2.75) is 81.5 Å². The van der Waals surface area contributed by atoms with Gasteiger partial charge in [-0.2, -0.15) is 0 Å². The molecule has 0 radical (unpaired) electrons. The summed E-state index contributed by atoms with van der Waals surface area (Å²) < 4.78 is 5.69. The van der Waals surface area contributed by atoms with Gasteiger partial charge in [-0.05, 0) is 71.5 Å². The van der Waals surface area contributed by atoms with Gasteiger partial charge in [-0.25, -0.2) is 0 Å². The van der Waals surface area contributed by atoms with Gasteiger partial charge in [0.2, 0.25) is 0 Å². The van der Waals surface area contributed by atoms with Crippen LogP contribution in [0.3, 0.4) is 0 Å². The second-order valence-electron chi connectivity index (χ2n) is 9.17. The lowest BCUT2D eigenvalue weighted by molar-refractivity contribution is -0.0164. The molecule has 6 heteroatoms. The molecule has 4 rings (SSSR count). The fourth-order valence-electron chi connectivity index (χ4n) is 5.92. The van der Waals surface area contributed by atoms with Crippen molar-refractivity contribution in [3.8, 4) is 0 Å². The van der Waals surface area contributed by atoms with Gasteiger partial charge in [0.25, 0.3) is 0 Å². The Hall–Kier alpha value is -0.850. The van der Waals surface area contributed by atoms with E-state index in [-0.39, 0.29) is 5.54 Å². The third kappa shape index (κ3) is 4.28. The topological polar surface area (TPSA) is 52.1 Å². The molecule has 0 aromatic heterocycles. The quantitative estimate of drug-likeness (QED) is 0.578. The van der Waals surface area contributed by atoms with Crippen LogP contribution in [-0.2, 0) is 4.74 Å². The van der Waals surface area contributed by atoms with Crippen molar-refractivity contribution < 1.29 is 4.74 Å². The van der Waals surface area contributed by atoms with E-state index in [1.54, 1.807) is 0 Å². The zero-order valence-electron chi connectivity index (χ0n) is 17.4. The predicted octanol–water partition coefficient (Wildman–Crippen LogP) is 1.81. The van der Waals surface area contributed by atoms with Crippen LogP contribution in [0.1, 0.15) is 57.8 Å². The summed E-state index contributed by atoms with van der Waals surface area (Å²) in [5, 5.41) is 7.47. The van der Waals surface area contributed by atoms with Crippen LogP contribution in [0.15, 0.2) is 4.99 Å². The van der Waals surface area contributed by atoms with E-state index >= 15 is 0 Å². The normalized spacial score (nSPS) is 35.2. The molecule has 0 aliphatic carbocycles. The Morgan fingerprint density at radius 1 is 1.07 bits per heavy atom. The highest BCUT2D eigenvalue weighted by molar-refractivity contribution is 5.80. The summed E-state index contributed by atoms with van der Waals surface area (Å²) in [4.78, 5) is 9.91. The molecule has 154 valence electrons.